The van der Waals surface area contributed by atoms with Crippen LogP contribution in [-0.4, -0.2) is 13.3 Å². The SMILES string of the molecule is C[Si](C)(C)OC(C#N)c1ncc(Cl)s1. The number of hydrogen-bond donors (Lipinski definition) is 0. The molecule has 0 saturated carbocycles. The van der Waals surface area contributed by atoms with Gasteiger partial charge in [0, 0.05) is 0 Å². The molecule has 0 aromatic carbocycles. The molecule has 0 bridgehead atoms. The normalized spacial score (nSPS) is 13.6. The Bertz CT molecular complexity index is 355. The van der Waals surface area contributed by atoms with Crippen LogP contribution in [0.5, 0.6) is 0 Å². The molecule has 6 heteroatoms. The Balaban J connectivity index is 2.79. The van der Waals surface area contributed by atoms with Crippen LogP contribution in [0.2, 0.25) is 24.0 Å². The molecule has 1 heterocycles. The Labute approximate surface area is 93.4 Å². The fourth-order valence-corrected chi connectivity index (χ4v) is 2.73. The minimum Gasteiger partial charge on any atom is -0.397 e. The first-order valence-corrected chi connectivity index (χ1v) is 8.71. The summed E-state index contributed by atoms with van der Waals surface area (Å²) in [6.07, 6.45) is 0.971. The van der Waals surface area contributed by atoms with Crippen LogP contribution in [0.1, 0.15) is 11.1 Å². The van der Waals surface area contributed by atoms with Gasteiger partial charge in [-0.2, -0.15) is 5.26 Å². The zero-order valence-corrected chi connectivity index (χ0v) is 10.8. The average Bonchev–Trinajstić information content (AvgIpc) is 2.46. The maximum atomic E-state index is 8.92. The van der Waals surface area contributed by atoms with Gasteiger partial charge < -0.3 is 4.43 Å². The first-order chi connectivity index (χ1) is 6.42. The van der Waals surface area contributed by atoms with Crippen LogP contribution in [0, 0.1) is 11.3 Å². The van der Waals surface area contributed by atoms with Gasteiger partial charge in [-0.3, -0.25) is 0 Å². The van der Waals surface area contributed by atoms with Crippen LogP contribution in [0.3, 0.4) is 0 Å². The van der Waals surface area contributed by atoms with E-state index in [1.165, 1.54) is 11.3 Å². The molecule has 0 radical (unpaired) electrons. The monoisotopic (exact) mass is 246 g/mol. The molecule has 0 saturated heterocycles. The van der Waals surface area contributed by atoms with Gasteiger partial charge in [0.15, 0.2) is 14.4 Å². The van der Waals surface area contributed by atoms with Crippen LogP contribution >= 0.6 is 22.9 Å². The number of rotatable bonds is 3. The molecule has 3 nitrogen and oxygen atoms in total. The summed E-state index contributed by atoms with van der Waals surface area (Å²) < 4.78 is 6.24. The van der Waals surface area contributed by atoms with E-state index < -0.39 is 14.4 Å². The fourth-order valence-electron chi connectivity index (χ4n) is 0.874. The molecule has 1 aromatic rings. The fraction of sp³-hybridized carbons (Fsp3) is 0.500. The van der Waals surface area contributed by atoms with E-state index in [0.717, 1.165) is 0 Å². The molecule has 1 rings (SSSR count). The minimum absolute atomic E-state index is 0.570. The van der Waals surface area contributed by atoms with E-state index in [1.807, 2.05) is 19.6 Å². The van der Waals surface area contributed by atoms with Crippen molar-refractivity contribution in [2.45, 2.75) is 25.7 Å². The van der Waals surface area contributed by atoms with Gasteiger partial charge in [-0.15, -0.1) is 11.3 Å². The van der Waals surface area contributed by atoms with Gasteiger partial charge in [0.2, 0.25) is 0 Å². The Morgan fingerprint density at radius 3 is 2.64 bits per heavy atom. The average molecular weight is 247 g/mol. The van der Waals surface area contributed by atoms with Crippen LogP contribution in [0.25, 0.3) is 0 Å². The molecule has 1 atom stereocenters. The van der Waals surface area contributed by atoms with Gasteiger partial charge in [-0.1, -0.05) is 11.6 Å². The van der Waals surface area contributed by atoms with Gasteiger partial charge in [0.05, 0.1) is 6.20 Å². The topological polar surface area (TPSA) is 45.9 Å². The molecular weight excluding hydrogens is 236 g/mol. The van der Waals surface area contributed by atoms with Crippen molar-refractivity contribution in [1.82, 2.24) is 4.98 Å². The van der Waals surface area contributed by atoms with E-state index in [4.69, 9.17) is 21.3 Å². The lowest BCUT2D eigenvalue weighted by atomic mass is 10.4. The van der Waals surface area contributed by atoms with E-state index in [-0.39, 0.29) is 0 Å². The Kier molecular flexibility index (Phi) is 3.67. The zero-order valence-electron chi connectivity index (χ0n) is 8.24. The molecule has 1 unspecified atom stereocenters. The minimum atomic E-state index is -1.71. The summed E-state index contributed by atoms with van der Waals surface area (Å²) in [4.78, 5) is 4.03. The number of hydrogen-bond acceptors (Lipinski definition) is 4. The lowest BCUT2D eigenvalue weighted by Gasteiger charge is -2.19. The third-order valence-corrected chi connectivity index (χ3v) is 3.41. The molecule has 0 aliphatic heterocycles. The van der Waals surface area contributed by atoms with Crippen molar-refractivity contribution in [3.05, 3.63) is 15.5 Å². The molecule has 0 amide bonds. The zero-order chi connectivity index (χ0) is 10.8. The van der Waals surface area contributed by atoms with Crippen molar-refractivity contribution in [1.29, 1.82) is 5.26 Å². The molecule has 1 aromatic heterocycles. The highest BCUT2D eigenvalue weighted by molar-refractivity contribution is 7.15. The third kappa shape index (κ3) is 3.39. The summed E-state index contributed by atoms with van der Waals surface area (Å²) in [5, 5.41) is 9.56. The van der Waals surface area contributed by atoms with Crippen molar-refractivity contribution >= 4 is 31.3 Å². The highest BCUT2D eigenvalue weighted by Gasteiger charge is 2.24. The number of thiazole rings is 1. The maximum Gasteiger partial charge on any atom is 0.186 e. The van der Waals surface area contributed by atoms with Crippen LogP contribution in [-0.2, 0) is 4.43 Å². The lowest BCUT2D eigenvalue weighted by molar-refractivity contribution is 0.254. The van der Waals surface area contributed by atoms with E-state index in [1.54, 1.807) is 6.20 Å². The predicted octanol–water partition coefficient (Wildman–Crippen LogP) is 3.21. The molecule has 0 aliphatic rings. The first kappa shape index (κ1) is 11.7. The summed E-state index contributed by atoms with van der Waals surface area (Å²) in [5.74, 6) is 0. The molecular formula is C8H11ClN2OSSi. The molecule has 0 spiro atoms. The number of nitriles is 1. The Morgan fingerprint density at radius 1 is 1.64 bits per heavy atom. The van der Waals surface area contributed by atoms with E-state index in [0.29, 0.717) is 9.34 Å². The van der Waals surface area contributed by atoms with Crippen LogP contribution in [0.15, 0.2) is 6.20 Å². The van der Waals surface area contributed by atoms with Crippen molar-refractivity contribution in [3.8, 4) is 6.07 Å². The standard InChI is InChI=1S/C8H11ClN2OSSi/c1-14(2,3)12-6(4-10)8-11-5-7(9)13-8/h5-6H,1-3H3. The third-order valence-electron chi connectivity index (χ3n) is 1.31. The van der Waals surface area contributed by atoms with E-state index in [9.17, 15) is 0 Å². The highest BCUT2D eigenvalue weighted by Crippen LogP contribution is 2.27. The summed E-state index contributed by atoms with van der Waals surface area (Å²) in [6, 6.07) is 2.09. The largest absolute Gasteiger partial charge is 0.397 e. The highest BCUT2D eigenvalue weighted by atomic mass is 35.5. The van der Waals surface area contributed by atoms with Crippen LogP contribution < -0.4 is 0 Å². The maximum absolute atomic E-state index is 8.92. The van der Waals surface area contributed by atoms with Crippen molar-refractivity contribution in [2.75, 3.05) is 0 Å². The second-order valence-electron chi connectivity index (χ2n) is 3.74. The van der Waals surface area contributed by atoms with E-state index in [2.05, 4.69) is 11.1 Å². The van der Waals surface area contributed by atoms with Gasteiger partial charge >= 0.3 is 0 Å². The number of nitrogens with zero attached hydrogens (tertiary/aromatic N) is 2. The lowest BCUT2D eigenvalue weighted by Crippen LogP contribution is -2.27. The second-order valence-corrected chi connectivity index (χ2v) is 9.90. The number of aromatic nitrogens is 1. The van der Waals surface area contributed by atoms with Gasteiger partial charge in [0.1, 0.15) is 15.4 Å². The predicted molar refractivity (Wildman–Crippen MR) is 59.9 cm³/mol. The summed E-state index contributed by atoms with van der Waals surface area (Å²) in [6.45, 7) is 6.10. The molecule has 76 valence electrons. The smallest absolute Gasteiger partial charge is 0.186 e. The van der Waals surface area contributed by atoms with E-state index >= 15 is 0 Å². The van der Waals surface area contributed by atoms with Gasteiger partial charge in [-0.05, 0) is 19.6 Å². The first-order valence-electron chi connectivity index (χ1n) is 4.11. The summed E-state index contributed by atoms with van der Waals surface area (Å²) >= 11 is 7.03. The molecule has 0 N–H and O–H groups in total. The summed E-state index contributed by atoms with van der Waals surface area (Å²) in [5.41, 5.74) is 0. The van der Waals surface area contributed by atoms with Crippen molar-refractivity contribution in [3.63, 3.8) is 0 Å². The molecule has 0 aliphatic carbocycles. The number of halogens is 1. The Morgan fingerprint density at radius 2 is 2.29 bits per heavy atom. The quantitative estimate of drug-likeness (QED) is 0.770. The van der Waals surface area contributed by atoms with Gasteiger partial charge in [0.25, 0.3) is 0 Å². The van der Waals surface area contributed by atoms with Crippen molar-refractivity contribution < 1.29 is 4.43 Å². The van der Waals surface area contributed by atoms with Crippen LogP contribution in [0.4, 0.5) is 0 Å². The molecule has 14 heavy (non-hydrogen) atoms. The Hall–Kier alpha value is -0.413. The van der Waals surface area contributed by atoms with Gasteiger partial charge in [-0.25, -0.2) is 4.98 Å². The second kappa shape index (κ2) is 4.40. The summed E-state index contributed by atoms with van der Waals surface area (Å²) in [7, 11) is -1.71. The van der Waals surface area contributed by atoms with Crippen molar-refractivity contribution in [2.24, 2.45) is 0 Å². The molecule has 0 fully saturated rings.